The Bertz CT molecular complexity index is 1230. The summed E-state index contributed by atoms with van der Waals surface area (Å²) in [6, 6.07) is -1.56. The highest BCUT2D eigenvalue weighted by molar-refractivity contribution is 7.47. The number of phosphoric ester groups is 1. The maximum absolute atomic E-state index is 12.3. The molecule has 0 aromatic rings. The fourth-order valence-corrected chi connectivity index (χ4v) is 6.70. The number of aliphatic hydroxyl groups excluding tert-OH is 1. The number of carboxylic acid groups (broad SMARTS) is 1. The van der Waals surface area contributed by atoms with Gasteiger partial charge >= 0.3 is 19.8 Å². The molecule has 0 spiro atoms. The Kier molecular flexibility index (Phi) is 39.9. The lowest BCUT2D eigenvalue weighted by molar-refractivity contribution is -0.147. The topological polar surface area (TPSA) is 169 Å². The number of amides is 1. The zero-order valence-electron chi connectivity index (χ0n) is 36.8. The van der Waals surface area contributed by atoms with Gasteiger partial charge in [-0.1, -0.05) is 158 Å². The van der Waals surface area contributed by atoms with Gasteiger partial charge in [-0.15, -0.1) is 0 Å². The molecule has 0 radical (unpaired) electrons. The van der Waals surface area contributed by atoms with Crippen molar-refractivity contribution in [3.63, 3.8) is 0 Å². The molecule has 12 heteroatoms. The number of unbranched alkanes of at least 4 members (excludes halogenated alkanes) is 18. The first kappa shape index (κ1) is 56.2. The SMILES string of the molecule is CCCC/C=C\C/C=C\CCCCCCCC(=O)NC(COP(=O)(O)OCC(O)COC(=O)CCCCCCCCCC/C=C\C/C=C\C/C=C\CCCCC)C(=O)O. The van der Waals surface area contributed by atoms with Gasteiger partial charge in [0.1, 0.15) is 12.7 Å². The molecular weight excluding hydrogens is 769 g/mol. The third kappa shape index (κ3) is 41.7. The van der Waals surface area contributed by atoms with Gasteiger partial charge in [0.15, 0.2) is 6.04 Å². The van der Waals surface area contributed by atoms with E-state index in [9.17, 15) is 34.1 Å². The summed E-state index contributed by atoms with van der Waals surface area (Å²) in [6.45, 7) is 2.50. The average Bonchev–Trinajstić information content (AvgIpc) is 3.21. The van der Waals surface area contributed by atoms with Crippen LogP contribution in [0.5, 0.6) is 0 Å². The number of rotatable bonds is 42. The van der Waals surface area contributed by atoms with Crippen LogP contribution in [0.4, 0.5) is 0 Å². The van der Waals surface area contributed by atoms with Crippen molar-refractivity contribution in [2.24, 2.45) is 0 Å². The monoisotopic (exact) mass is 852 g/mol. The minimum atomic E-state index is -4.76. The minimum absolute atomic E-state index is 0.127. The smallest absolute Gasteiger partial charge is 0.472 e. The first-order chi connectivity index (χ1) is 28.6. The minimum Gasteiger partial charge on any atom is -0.480 e. The summed E-state index contributed by atoms with van der Waals surface area (Å²) in [6.07, 6.45) is 48.1. The molecule has 340 valence electrons. The van der Waals surface area contributed by atoms with E-state index < -0.39 is 57.6 Å². The van der Waals surface area contributed by atoms with E-state index >= 15 is 0 Å². The summed E-state index contributed by atoms with van der Waals surface area (Å²) >= 11 is 0. The van der Waals surface area contributed by atoms with Gasteiger partial charge in [0, 0.05) is 12.8 Å². The maximum atomic E-state index is 12.3. The molecule has 0 rings (SSSR count). The molecular formula is C47H82NO10P. The second-order valence-corrected chi connectivity index (χ2v) is 16.7. The number of ether oxygens (including phenoxy) is 1. The zero-order chi connectivity index (χ0) is 43.5. The lowest BCUT2D eigenvalue weighted by atomic mass is 10.1. The van der Waals surface area contributed by atoms with Gasteiger partial charge in [-0.25, -0.2) is 9.36 Å². The van der Waals surface area contributed by atoms with Crippen LogP contribution in [0.25, 0.3) is 0 Å². The van der Waals surface area contributed by atoms with E-state index in [1.165, 1.54) is 64.2 Å². The molecule has 11 nitrogen and oxygen atoms in total. The number of allylic oxidation sites excluding steroid dienone is 10. The lowest BCUT2D eigenvalue weighted by Gasteiger charge is -2.18. The van der Waals surface area contributed by atoms with Crippen molar-refractivity contribution in [3.8, 4) is 0 Å². The first-order valence-electron chi connectivity index (χ1n) is 22.8. The summed E-state index contributed by atoms with van der Waals surface area (Å²) in [5.41, 5.74) is 0. The molecule has 3 atom stereocenters. The molecule has 4 N–H and O–H groups in total. The van der Waals surface area contributed by atoms with Crippen molar-refractivity contribution in [3.05, 3.63) is 60.8 Å². The largest absolute Gasteiger partial charge is 0.480 e. The summed E-state index contributed by atoms with van der Waals surface area (Å²) < 4.78 is 26.8. The van der Waals surface area contributed by atoms with Gasteiger partial charge in [0.25, 0.3) is 0 Å². The van der Waals surface area contributed by atoms with Crippen molar-refractivity contribution >= 4 is 25.7 Å². The Balaban J connectivity index is 3.90. The molecule has 3 unspecified atom stereocenters. The highest BCUT2D eigenvalue weighted by atomic mass is 31.2. The van der Waals surface area contributed by atoms with Crippen LogP contribution >= 0.6 is 7.82 Å². The van der Waals surface area contributed by atoms with Gasteiger partial charge in [-0.3, -0.25) is 18.6 Å². The second-order valence-electron chi connectivity index (χ2n) is 15.2. The van der Waals surface area contributed by atoms with Gasteiger partial charge in [0.05, 0.1) is 13.2 Å². The molecule has 0 bridgehead atoms. The lowest BCUT2D eigenvalue weighted by Crippen LogP contribution is -2.43. The average molecular weight is 852 g/mol. The Morgan fingerprint density at radius 3 is 1.44 bits per heavy atom. The van der Waals surface area contributed by atoms with Crippen molar-refractivity contribution in [2.45, 2.75) is 199 Å². The molecule has 59 heavy (non-hydrogen) atoms. The predicted molar refractivity (Wildman–Crippen MR) is 240 cm³/mol. The van der Waals surface area contributed by atoms with Crippen LogP contribution in [-0.2, 0) is 32.7 Å². The second kappa shape index (κ2) is 41.9. The molecule has 0 saturated heterocycles. The fraction of sp³-hybridized carbons (Fsp3) is 0.723. The van der Waals surface area contributed by atoms with Gasteiger partial charge < -0.3 is 25.2 Å². The van der Waals surface area contributed by atoms with E-state index in [1.807, 2.05) is 0 Å². The Hall–Kier alpha value is -2.82. The van der Waals surface area contributed by atoms with Gasteiger partial charge in [-0.2, -0.15) is 0 Å². The summed E-state index contributed by atoms with van der Waals surface area (Å²) in [4.78, 5) is 45.9. The van der Waals surface area contributed by atoms with Crippen LogP contribution in [0.15, 0.2) is 60.8 Å². The summed E-state index contributed by atoms with van der Waals surface area (Å²) in [5.74, 6) is -2.40. The molecule has 1 amide bonds. The molecule has 0 fully saturated rings. The van der Waals surface area contributed by atoms with Crippen molar-refractivity contribution in [2.75, 3.05) is 19.8 Å². The van der Waals surface area contributed by atoms with Crippen molar-refractivity contribution in [1.82, 2.24) is 5.32 Å². The number of aliphatic carboxylic acids is 1. The van der Waals surface area contributed by atoms with E-state index in [2.05, 4.69) is 79.9 Å². The van der Waals surface area contributed by atoms with Crippen LogP contribution < -0.4 is 5.32 Å². The van der Waals surface area contributed by atoms with Crippen molar-refractivity contribution in [1.29, 1.82) is 0 Å². The van der Waals surface area contributed by atoms with Crippen LogP contribution in [0.1, 0.15) is 187 Å². The third-order valence-corrected chi connectivity index (χ3v) is 10.5. The number of carboxylic acids is 1. The standard InChI is InChI=1S/C47H82NO10P/c1-3-5-7-9-11-13-15-17-19-20-21-22-23-24-25-27-29-31-33-35-37-39-46(51)56-40-43(49)41-57-59(54,55)58-42-44(47(52)53)48-45(50)38-36-34-32-30-28-26-18-16-14-12-10-8-6-4-2/h10-13,16-19,21-22,43-44,49H,3-9,14-15,20,23-42H2,1-2H3,(H,48,50)(H,52,53)(H,54,55)/b12-10-,13-11-,18-16-,19-17-,22-21-. The summed E-state index contributed by atoms with van der Waals surface area (Å²) in [5, 5.41) is 21.8. The first-order valence-corrected chi connectivity index (χ1v) is 24.3. The molecule has 0 aliphatic carbocycles. The van der Waals surface area contributed by atoms with Crippen LogP contribution in [0, 0.1) is 0 Å². The number of phosphoric acid groups is 1. The molecule has 0 heterocycles. The number of esters is 1. The molecule has 0 aromatic carbocycles. The Labute approximate surface area is 357 Å². The van der Waals surface area contributed by atoms with Crippen LogP contribution in [0.2, 0.25) is 0 Å². The number of aliphatic hydroxyl groups is 1. The van der Waals surface area contributed by atoms with E-state index in [0.717, 1.165) is 83.5 Å². The van der Waals surface area contributed by atoms with E-state index in [4.69, 9.17) is 13.8 Å². The highest BCUT2D eigenvalue weighted by Gasteiger charge is 2.28. The number of nitrogens with one attached hydrogen (secondary N) is 1. The number of hydrogen-bond acceptors (Lipinski definition) is 8. The van der Waals surface area contributed by atoms with E-state index in [1.54, 1.807) is 0 Å². The predicted octanol–water partition coefficient (Wildman–Crippen LogP) is 11.9. The fourth-order valence-electron chi connectivity index (χ4n) is 5.93. The zero-order valence-corrected chi connectivity index (χ0v) is 37.7. The highest BCUT2D eigenvalue weighted by Crippen LogP contribution is 2.43. The van der Waals surface area contributed by atoms with Gasteiger partial charge in [-0.05, 0) is 77.0 Å². The number of hydrogen-bond donors (Lipinski definition) is 4. The molecule has 0 aliphatic rings. The Morgan fingerprint density at radius 1 is 0.542 bits per heavy atom. The van der Waals surface area contributed by atoms with Crippen molar-refractivity contribution < 1.29 is 47.8 Å². The van der Waals surface area contributed by atoms with Crippen LogP contribution in [-0.4, -0.2) is 64.9 Å². The molecule has 0 aliphatic heterocycles. The number of carbonyl (C=O) groups excluding carboxylic acids is 2. The summed E-state index contributed by atoms with van der Waals surface area (Å²) in [7, 11) is -4.76. The molecule has 0 saturated carbocycles. The number of carbonyl (C=O) groups is 3. The normalized spacial score (nSPS) is 14.2. The Morgan fingerprint density at radius 2 is 0.949 bits per heavy atom. The van der Waals surface area contributed by atoms with E-state index in [0.29, 0.717) is 12.8 Å². The third-order valence-electron chi connectivity index (χ3n) is 9.53. The maximum Gasteiger partial charge on any atom is 0.472 e. The quantitative estimate of drug-likeness (QED) is 0.0201. The van der Waals surface area contributed by atoms with Gasteiger partial charge in [0.2, 0.25) is 5.91 Å². The van der Waals surface area contributed by atoms with Crippen LogP contribution in [0.3, 0.4) is 0 Å². The molecule has 0 aromatic heterocycles. The van der Waals surface area contributed by atoms with E-state index in [-0.39, 0.29) is 12.8 Å².